The van der Waals surface area contributed by atoms with Crippen LogP contribution in [0.2, 0.25) is 0 Å². The first-order chi connectivity index (χ1) is 11.2. The highest BCUT2D eigenvalue weighted by molar-refractivity contribution is 7.98. The minimum atomic E-state index is -0.123. The Morgan fingerprint density at radius 2 is 2.13 bits per heavy atom. The van der Waals surface area contributed by atoms with E-state index in [1.165, 1.54) is 22.9 Å². The highest BCUT2D eigenvalue weighted by Gasteiger charge is 2.16. The Bertz CT molecular complexity index is 841. The third-order valence-corrected chi connectivity index (χ3v) is 4.35. The van der Waals surface area contributed by atoms with Crippen LogP contribution in [0.3, 0.4) is 0 Å². The molecule has 0 atom stereocenters. The molecule has 1 N–H and O–H groups in total. The van der Waals surface area contributed by atoms with Crippen molar-refractivity contribution in [2.24, 2.45) is 0 Å². The van der Waals surface area contributed by atoms with Gasteiger partial charge >= 0.3 is 0 Å². The summed E-state index contributed by atoms with van der Waals surface area (Å²) in [7, 11) is 0. The number of pyridine rings is 1. The van der Waals surface area contributed by atoms with Crippen LogP contribution in [0.5, 0.6) is 0 Å². The second-order valence-electron chi connectivity index (χ2n) is 5.40. The summed E-state index contributed by atoms with van der Waals surface area (Å²) in [4.78, 5) is 16.9. The number of fused-ring (bicyclic) bond motifs is 1. The molecule has 5 heteroatoms. The van der Waals surface area contributed by atoms with E-state index in [1.807, 2.05) is 41.1 Å². The van der Waals surface area contributed by atoms with Gasteiger partial charge in [-0.25, -0.2) is 4.98 Å². The summed E-state index contributed by atoms with van der Waals surface area (Å²) in [6, 6.07) is 14.1. The quantitative estimate of drug-likeness (QED) is 0.732. The van der Waals surface area contributed by atoms with Gasteiger partial charge in [0.05, 0.1) is 5.52 Å². The fourth-order valence-electron chi connectivity index (χ4n) is 2.59. The van der Waals surface area contributed by atoms with E-state index >= 15 is 0 Å². The minimum Gasteiger partial charge on any atom is -0.350 e. The zero-order chi connectivity index (χ0) is 16.2. The van der Waals surface area contributed by atoms with Gasteiger partial charge in [0, 0.05) is 12.7 Å². The molecule has 0 saturated heterocycles. The van der Waals surface area contributed by atoms with Gasteiger partial charge in [0.25, 0.3) is 5.91 Å². The number of carbonyl (C=O) groups excluding carboxylic acids is 1. The van der Waals surface area contributed by atoms with Crippen molar-refractivity contribution in [3.63, 3.8) is 0 Å². The Morgan fingerprint density at radius 3 is 2.91 bits per heavy atom. The SMILES string of the molecule is CSc1nc(C(=O)NCCc2cccc(C)c2)c2ccccn12. The normalized spacial score (nSPS) is 10.9. The minimum absolute atomic E-state index is 0.123. The van der Waals surface area contributed by atoms with Crippen molar-refractivity contribution < 1.29 is 4.79 Å². The van der Waals surface area contributed by atoms with Crippen molar-refractivity contribution in [1.82, 2.24) is 14.7 Å². The molecule has 0 spiro atoms. The van der Waals surface area contributed by atoms with Gasteiger partial charge in [-0.3, -0.25) is 9.20 Å². The first-order valence-corrected chi connectivity index (χ1v) is 8.76. The molecule has 0 saturated carbocycles. The molecule has 2 heterocycles. The van der Waals surface area contributed by atoms with E-state index in [0.29, 0.717) is 12.2 Å². The standard InChI is InChI=1S/C18H19N3OS/c1-13-6-5-7-14(12-13)9-10-19-17(22)16-15-8-3-4-11-21(15)18(20-16)23-2/h3-8,11-12H,9-10H2,1-2H3,(H,19,22). The molecular formula is C18H19N3OS. The molecule has 118 valence electrons. The zero-order valence-corrected chi connectivity index (χ0v) is 14.1. The van der Waals surface area contributed by atoms with Crippen molar-refractivity contribution in [2.75, 3.05) is 12.8 Å². The molecule has 0 aliphatic heterocycles. The smallest absolute Gasteiger partial charge is 0.272 e. The van der Waals surface area contributed by atoms with E-state index in [4.69, 9.17) is 0 Å². The van der Waals surface area contributed by atoms with Crippen LogP contribution >= 0.6 is 11.8 Å². The number of carbonyl (C=O) groups is 1. The van der Waals surface area contributed by atoms with E-state index in [9.17, 15) is 4.79 Å². The molecule has 3 aromatic rings. The summed E-state index contributed by atoms with van der Waals surface area (Å²) >= 11 is 1.53. The van der Waals surface area contributed by atoms with E-state index in [-0.39, 0.29) is 5.91 Å². The van der Waals surface area contributed by atoms with Crippen molar-refractivity contribution in [3.05, 3.63) is 65.5 Å². The number of amides is 1. The topological polar surface area (TPSA) is 46.4 Å². The number of hydrogen-bond donors (Lipinski definition) is 1. The Labute approximate surface area is 139 Å². The summed E-state index contributed by atoms with van der Waals surface area (Å²) < 4.78 is 1.94. The van der Waals surface area contributed by atoms with Gasteiger partial charge in [-0.2, -0.15) is 0 Å². The molecule has 0 aliphatic rings. The lowest BCUT2D eigenvalue weighted by atomic mass is 10.1. The third-order valence-electron chi connectivity index (χ3n) is 3.70. The summed E-state index contributed by atoms with van der Waals surface area (Å²) in [6.45, 7) is 2.67. The molecule has 3 rings (SSSR count). The van der Waals surface area contributed by atoms with Gasteiger partial charge in [0.2, 0.25) is 0 Å². The fourth-order valence-corrected chi connectivity index (χ4v) is 3.13. The lowest BCUT2D eigenvalue weighted by Gasteiger charge is -2.05. The first-order valence-electron chi connectivity index (χ1n) is 7.54. The lowest BCUT2D eigenvalue weighted by Crippen LogP contribution is -2.26. The number of aromatic nitrogens is 2. The number of hydrogen-bond acceptors (Lipinski definition) is 3. The number of nitrogens with zero attached hydrogens (tertiary/aromatic N) is 2. The predicted molar refractivity (Wildman–Crippen MR) is 94.2 cm³/mol. The summed E-state index contributed by atoms with van der Waals surface area (Å²) in [5.41, 5.74) is 3.78. The molecule has 0 fully saturated rings. The number of aryl methyl sites for hydroxylation is 1. The zero-order valence-electron chi connectivity index (χ0n) is 13.2. The average molecular weight is 325 g/mol. The molecule has 0 radical (unpaired) electrons. The average Bonchev–Trinajstić information content (AvgIpc) is 2.94. The van der Waals surface area contributed by atoms with Crippen LogP contribution in [-0.4, -0.2) is 28.1 Å². The van der Waals surface area contributed by atoms with Crippen LogP contribution in [0.15, 0.2) is 53.8 Å². The number of thioether (sulfide) groups is 1. The van der Waals surface area contributed by atoms with Crippen LogP contribution in [0.1, 0.15) is 21.6 Å². The van der Waals surface area contributed by atoms with Crippen LogP contribution in [0.4, 0.5) is 0 Å². The number of rotatable bonds is 5. The predicted octanol–water partition coefficient (Wildman–Crippen LogP) is 3.34. The number of benzene rings is 1. The van der Waals surface area contributed by atoms with Gasteiger partial charge in [0.1, 0.15) is 0 Å². The molecule has 0 bridgehead atoms. The Balaban J connectivity index is 1.71. The summed E-state index contributed by atoms with van der Waals surface area (Å²) in [5, 5.41) is 3.80. The molecule has 23 heavy (non-hydrogen) atoms. The summed E-state index contributed by atoms with van der Waals surface area (Å²) in [6.07, 6.45) is 4.70. The summed E-state index contributed by atoms with van der Waals surface area (Å²) in [5.74, 6) is -0.123. The Kier molecular flexibility index (Phi) is 4.67. The monoisotopic (exact) mass is 325 g/mol. The van der Waals surface area contributed by atoms with Crippen molar-refractivity contribution in [3.8, 4) is 0 Å². The lowest BCUT2D eigenvalue weighted by molar-refractivity contribution is 0.0951. The maximum Gasteiger partial charge on any atom is 0.272 e. The second-order valence-corrected chi connectivity index (χ2v) is 6.17. The highest BCUT2D eigenvalue weighted by Crippen LogP contribution is 2.19. The van der Waals surface area contributed by atoms with Crippen molar-refractivity contribution in [2.45, 2.75) is 18.5 Å². The van der Waals surface area contributed by atoms with Gasteiger partial charge in [-0.05, 0) is 37.3 Å². The number of nitrogens with one attached hydrogen (secondary N) is 1. The van der Waals surface area contributed by atoms with Gasteiger partial charge in [-0.15, -0.1) is 0 Å². The second kappa shape index (κ2) is 6.87. The van der Waals surface area contributed by atoms with Crippen LogP contribution in [0, 0.1) is 6.92 Å². The number of imidazole rings is 1. The fraction of sp³-hybridized carbons (Fsp3) is 0.222. The van der Waals surface area contributed by atoms with Crippen LogP contribution < -0.4 is 5.32 Å². The molecule has 4 nitrogen and oxygen atoms in total. The molecule has 0 unspecified atom stereocenters. The Morgan fingerprint density at radius 1 is 1.26 bits per heavy atom. The first kappa shape index (κ1) is 15.6. The maximum atomic E-state index is 12.4. The van der Waals surface area contributed by atoms with E-state index < -0.39 is 0 Å². The largest absolute Gasteiger partial charge is 0.350 e. The molecular weight excluding hydrogens is 306 g/mol. The van der Waals surface area contributed by atoms with E-state index in [0.717, 1.165) is 17.1 Å². The Hall–Kier alpha value is -2.27. The molecule has 1 amide bonds. The molecule has 1 aromatic carbocycles. The van der Waals surface area contributed by atoms with Crippen molar-refractivity contribution >= 4 is 23.2 Å². The van der Waals surface area contributed by atoms with Gasteiger partial charge < -0.3 is 5.32 Å². The van der Waals surface area contributed by atoms with Gasteiger partial charge in [0.15, 0.2) is 10.9 Å². The maximum absolute atomic E-state index is 12.4. The van der Waals surface area contributed by atoms with Crippen LogP contribution in [-0.2, 0) is 6.42 Å². The van der Waals surface area contributed by atoms with Crippen LogP contribution in [0.25, 0.3) is 5.52 Å². The van der Waals surface area contributed by atoms with E-state index in [1.54, 1.807) is 0 Å². The molecule has 0 aliphatic carbocycles. The third kappa shape index (κ3) is 3.40. The molecule has 2 aromatic heterocycles. The highest BCUT2D eigenvalue weighted by atomic mass is 32.2. The van der Waals surface area contributed by atoms with Crippen molar-refractivity contribution in [1.29, 1.82) is 0 Å². The van der Waals surface area contributed by atoms with E-state index in [2.05, 4.69) is 35.4 Å². The van der Waals surface area contributed by atoms with Gasteiger partial charge in [-0.1, -0.05) is 47.7 Å².